The third-order valence-electron chi connectivity index (χ3n) is 4.47. The van der Waals surface area contributed by atoms with E-state index in [2.05, 4.69) is 17.1 Å². The minimum atomic E-state index is -4.38. The SMILES string of the molecule is CC1CCN(CCCNC(=O)Cc2cccc(C(F)(F)F)c2)CC1. The minimum Gasteiger partial charge on any atom is -0.356 e. The topological polar surface area (TPSA) is 32.3 Å². The third-order valence-corrected chi connectivity index (χ3v) is 4.47. The molecule has 0 unspecified atom stereocenters. The molecule has 0 radical (unpaired) electrons. The predicted molar refractivity (Wildman–Crippen MR) is 87.6 cm³/mol. The van der Waals surface area contributed by atoms with E-state index in [0.717, 1.165) is 44.1 Å². The van der Waals surface area contributed by atoms with Crippen LogP contribution in [0.5, 0.6) is 0 Å². The largest absolute Gasteiger partial charge is 0.416 e. The van der Waals surface area contributed by atoms with Crippen LogP contribution in [0.3, 0.4) is 0 Å². The van der Waals surface area contributed by atoms with Crippen LogP contribution in [0, 0.1) is 5.92 Å². The van der Waals surface area contributed by atoms with Gasteiger partial charge < -0.3 is 10.2 Å². The molecular formula is C18H25F3N2O. The average molecular weight is 342 g/mol. The van der Waals surface area contributed by atoms with Gasteiger partial charge in [0.05, 0.1) is 12.0 Å². The van der Waals surface area contributed by atoms with Gasteiger partial charge in [-0.3, -0.25) is 4.79 Å². The van der Waals surface area contributed by atoms with E-state index in [1.807, 2.05) is 0 Å². The monoisotopic (exact) mass is 342 g/mol. The summed E-state index contributed by atoms with van der Waals surface area (Å²) in [5.74, 6) is 0.565. The summed E-state index contributed by atoms with van der Waals surface area (Å²) >= 11 is 0. The van der Waals surface area contributed by atoms with E-state index in [0.29, 0.717) is 12.1 Å². The minimum absolute atomic E-state index is 0.0227. The standard InChI is InChI=1S/C18H25F3N2O/c1-14-6-10-23(11-7-14)9-3-8-22-17(24)13-15-4-2-5-16(12-15)18(19,20)21/h2,4-5,12,14H,3,6-11,13H2,1H3,(H,22,24). The molecule has 1 N–H and O–H groups in total. The van der Waals surface area contributed by atoms with Crippen molar-refractivity contribution in [3.63, 3.8) is 0 Å². The molecule has 0 atom stereocenters. The number of likely N-dealkylation sites (tertiary alicyclic amines) is 1. The Hall–Kier alpha value is -1.56. The first-order valence-electron chi connectivity index (χ1n) is 8.50. The normalized spacial score (nSPS) is 17.0. The van der Waals surface area contributed by atoms with Crippen molar-refractivity contribution in [2.45, 2.75) is 38.8 Å². The Balaban J connectivity index is 1.68. The lowest BCUT2D eigenvalue weighted by Gasteiger charge is -2.30. The van der Waals surface area contributed by atoms with Crippen molar-refractivity contribution in [1.29, 1.82) is 0 Å². The van der Waals surface area contributed by atoms with Gasteiger partial charge in [-0.15, -0.1) is 0 Å². The highest BCUT2D eigenvalue weighted by Crippen LogP contribution is 2.29. The van der Waals surface area contributed by atoms with E-state index in [1.54, 1.807) is 6.07 Å². The molecule has 6 heteroatoms. The third kappa shape index (κ3) is 6.15. The van der Waals surface area contributed by atoms with Crippen LogP contribution in [0.15, 0.2) is 24.3 Å². The highest BCUT2D eigenvalue weighted by molar-refractivity contribution is 5.78. The van der Waals surface area contributed by atoms with Crippen LogP contribution in [0.1, 0.15) is 37.3 Å². The number of hydrogen-bond acceptors (Lipinski definition) is 2. The Kier molecular flexibility index (Phi) is 6.66. The van der Waals surface area contributed by atoms with E-state index < -0.39 is 11.7 Å². The summed E-state index contributed by atoms with van der Waals surface area (Å²) in [7, 11) is 0. The number of nitrogens with one attached hydrogen (secondary N) is 1. The fourth-order valence-corrected chi connectivity index (χ4v) is 2.92. The molecule has 1 amide bonds. The van der Waals surface area contributed by atoms with Gasteiger partial charge in [-0.1, -0.05) is 25.1 Å². The summed E-state index contributed by atoms with van der Waals surface area (Å²) < 4.78 is 37.9. The van der Waals surface area contributed by atoms with Crippen LogP contribution in [-0.4, -0.2) is 37.0 Å². The summed E-state index contributed by atoms with van der Waals surface area (Å²) in [5, 5.41) is 2.79. The second kappa shape index (κ2) is 8.51. The molecule has 1 saturated heterocycles. The first-order valence-corrected chi connectivity index (χ1v) is 8.50. The van der Waals surface area contributed by atoms with Crippen molar-refractivity contribution >= 4 is 5.91 Å². The van der Waals surface area contributed by atoms with Gasteiger partial charge in [0, 0.05) is 6.54 Å². The van der Waals surface area contributed by atoms with E-state index >= 15 is 0 Å². The number of alkyl halides is 3. The molecule has 1 fully saturated rings. The quantitative estimate of drug-likeness (QED) is 0.803. The number of halogens is 3. The lowest BCUT2D eigenvalue weighted by Crippen LogP contribution is -2.35. The van der Waals surface area contributed by atoms with Gasteiger partial charge in [0.15, 0.2) is 0 Å². The Morgan fingerprint density at radius 1 is 1.29 bits per heavy atom. The fraction of sp³-hybridized carbons (Fsp3) is 0.611. The van der Waals surface area contributed by atoms with Gasteiger partial charge in [-0.25, -0.2) is 0 Å². The van der Waals surface area contributed by atoms with E-state index in [9.17, 15) is 18.0 Å². The average Bonchev–Trinajstić information content (AvgIpc) is 2.53. The van der Waals surface area contributed by atoms with Crippen molar-refractivity contribution < 1.29 is 18.0 Å². The Bertz CT molecular complexity index is 537. The molecule has 1 aromatic rings. The van der Waals surface area contributed by atoms with Crippen molar-refractivity contribution in [2.75, 3.05) is 26.2 Å². The molecule has 1 aliphatic heterocycles. The molecule has 0 saturated carbocycles. The zero-order chi connectivity index (χ0) is 17.6. The van der Waals surface area contributed by atoms with Crippen LogP contribution < -0.4 is 5.32 Å². The zero-order valence-corrected chi connectivity index (χ0v) is 14.0. The van der Waals surface area contributed by atoms with Crippen molar-refractivity contribution in [2.24, 2.45) is 5.92 Å². The molecule has 134 valence electrons. The number of rotatable bonds is 6. The van der Waals surface area contributed by atoms with Crippen LogP contribution in [-0.2, 0) is 17.4 Å². The van der Waals surface area contributed by atoms with Gasteiger partial charge in [-0.2, -0.15) is 13.2 Å². The smallest absolute Gasteiger partial charge is 0.356 e. The van der Waals surface area contributed by atoms with Gasteiger partial charge in [0.1, 0.15) is 0 Å². The second-order valence-corrected chi connectivity index (χ2v) is 6.60. The first-order chi connectivity index (χ1) is 11.3. The highest BCUT2D eigenvalue weighted by Gasteiger charge is 2.30. The van der Waals surface area contributed by atoms with Crippen molar-refractivity contribution in [3.05, 3.63) is 35.4 Å². The van der Waals surface area contributed by atoms with Gasteiger partial charge in [0.2, 0.25) is 5.91 Å². The lowest BCUT2D eigenvalue weighted by atomic mass is 9.99. The maximum absolute atomic E-state index is 12.6. The lowest BCUT2D eigenvalue weighted by molar-refractivity contribution is -0.137. The van der Waals surface area contributed by atoms with Gasteiger partial charge in [0.25, 0.3) is 0 Å². The molecule has 3 nitrogen and oxygen atoms in total. The number of piperidine rings is 1. The molecule has 0 aliphatic carbocycles. The molecule has 0 aromatic heterocycles. The van der Waals surface area contributed by atoms with Gasteiger partial charge >= 0.3 is 6.18 Å². The summed E-state index contributed by atoms with van der Waals surface area (Å²) in [6.07, 6.45) is -1.09. The maximum atomic E-state index is 12.6. The Labute approximate surface area is 141 Å². The van der Waals surface area contributed by atoms with Crippen LogP contribution >= 0.6 is 0 Å². The van der Waals surface area contributed by atoms with Gasteiger partial charge in [-0.05, 0) is 56.4 Å². The van der Waals surface area contributed by atoms with Crippen molar-refractivity contribution in [3.8, 4) is 0 Å². The first kappa shape index (κ1) is 18.8. The number of nitrogens with zero attached hydrogens (tertiary/aromatic N) is 1. The molecular weight excluding hydrogens is 317 g/mol. The number of amides is 1. The second-order valence-electron chi connectivity index (χ2n) is 6.60. The fourth-order valence-electron chi connectivity index (χ4n) is 2.92. The molecule has 0 spiro atoms. The summed E-state index contributed by atoms with van der Waals surface area (Å²) in [4.78, 5) is 14.3. The van der Waals surface area contributed by atoms with Crippen LogP contribution in [0.4, 0.5) is 13.2 Å². The molecule has 24 heavy (non-hydrogen) atoms. The van der Waals surface area contributed by atoms with E-state index in [4.69, 9.17) is 0 Å². The highest BCUT2D eigenvalue weighted by atomic mass is 19.4. The molecule has 2 rings (SSSR count). The van der Waals surface area contributed by atoms with Crippen molar-refractivity contribution in [1.82, 2.24) is 10.2 Å². The molecule has 1 aliphatic rings. The number of carbonyl (C=O) groups excluding carboxylic acids is 1. The van der Waals surface area contributed by atoms with Crippen LogP contribution in [0.2, 0.25) is 0 Å². The number of carbonyl (C=O) groups is 1. The Morgan fingerprint density at radius 3 is 2.67 bits per heavy atom. The zero-order valence-electron chi connectivity index (χ0n) is 14.0. The Morgan fingerprint density at radius 2 is 2.00 bits per heavy atom. The van der Waals surface area contributed by atoms with Crippen LogP contribution in [0.25, 0.3) is 0 Å². The summed E-state index contributed by atoms with van der Waals surface area (Å²) in [5.41, 5.74) is -0.334. The number of benzene rings is 1. The molecule has 1 heterocycles. The maximum Gasteiger partial charge on any atom is 0.416 e. The summed E-state index contributed by atoms with van der Waals surface area (Å²) in [6, 6.07) is 4.93. The molecule has 1 aromatic carbocycles. The van der Waals surface area contributed by atoms with E-state index in [1.165, 1.54) is 18.9 Å². The number of hydrogen-bond donors (Lipinski definition) is 1. The summed E-state index contributed by atoms with van der Waals surface area (Å²) in [6.45, 7) is 6.00. The predicted octanol–water partition coefficient (Wildman–Crippen LogP) is 3.49. The molecule has 0 bridgehead atoms. The van der Waals surface area contributed by atoms with E-state index in [-0.39, 0.29) is 12.3 Å².